The van der Waals surface area contributed by atoms with Crippen molar-refractivity contribution in [1.29, 1.82) is 0 Å². The largest absolute Gasteiger partial charge is 0.478 e. The van der Waals surface area contributed by atoms with E-state index in [1.807, 2.05) is 12.1 Å². The fourth-order valence-electron chi connectivity index (χ4n) is 1.99. The predicted octanol–water partition coefficient (Wildman–Crippen LogP) is 2.27. The van der Waals surface area contributed by atoms with Crippen LogP contribution in [-0.4, -0.2) is 23.5 Å². The van der Waals surface area contributed by atoms with Crippen LogP contribution in [0.1, 0.15) is 28.1 Å². The van der Waals surface area contributed by atoms with E-state index in [0.29, 0.717) is 25.8 Å². The molecule has 5 heteroatoms. The summed E-state index contributed by atoms with van der Waals surface area (Å²) in [4.78, 5) is 22.5. The topological polar surface area (TPSA) is 79.5 Å². The molecule has 0 aliphatic carbocycles. The van der Waals surface area contributed by atoms with Gasteiger partial charge in [-0.2, -0.15) is 0 Å². The third-order valence-corrected chi connectivity index (χ3v) is 3.09. The van der Waals surface area contributed by atoms with Crippen LogP contribution in [0.15, 0.2) is 47.1 Å². The van der Waals surface area contributed by atoms with Gasteiger partial charge in [-0.3, -0.25) is 4.79 Å². The summed E-state index contributed by atoms with van der Waals surface area (Å²) in [5.41, 5.74) is 1.15. The number of aryl methyl sites for hydroxylation is 1. The Balaban J connectivity index is 1.72. The lowest BCUT2D eigenvalue weighted by Gasteiger charge is -2.05. The second-order valence-corrected chi connectivity index (χ2v) is 4.68. The van der Waals surface area contributed by atoms with E-state index in [2.05, 4.69) is 5.32 Å². The van der Waals surface area contributed by atoms with Crippen molar-refractivity contribution in [2.45, 2.75) is 19.3 Å². The second kappa shape index (κ2) is 7.28. The van der Waals surface area contributed by atoms with Gasteiger partial charge in [0.2, 0.25) is 5.91 Å². The summed E-state index contributed by atoms with van der Waals surface area (Å²) in [6.45, 7) is 0.486. The maximum Gasteiger partial charge on any atom is 0.335 e. The minimum absolute atomic E-state index is 0.0409. The Labute approximate surface area is 122 Å². The second-order valence-electron chi connectivity index (χ2n) is 4.68. The van der Waals surface area contributed by atoms with Gasteiger partial charge in [0.1, 0.15) is 5.76 Å². The SMILES string of the molecule is O=C(CCc1ccco1)NCCc1cccc(C(=O)O)c1. The zero-order valence-corrected chi connectivity index (χ0v) is 11.5. The average molecular weight is 287 g/mol. The molecule has 0 fully saturated rings. The Morgan fingerprint density at radius 3 is 2.71 bits per heavy atom. The van der Waals surface area contributed by atoms with Gasteiger partial charge >= 0.3 is 5.97 Å². The molecule has 0 aliphatic heterocycles. The molecule has 0 spiro atoms. The summed E-state index contributed by atoms with van der Waals surface area (Å²) in [6, 6.07) is 10.4. The van der Waals surface area contributed by atoms with E-state index in [9.17, 15) is 9.59 Å². The van der Waals surface area contributed by atoms with Crippen LogP contribution in [0.4, 0.5) is 0 Å². The third kappa shape index (κ3) is 4.80. The number of hydrogen-bond acceptors (Lipinski definition) is 3. The molecule has 5 nitrogen and oxygen atoms in total. The van der Waals surface area contributed by atoms with Crippen molar-refractivity contribution in [3.63, 3.8) is 0 Å². The molecule has 0 radical (unpaired) electrons. The van der Waals surface area contributed by atoms with Crippen molar-refractivity contribution in [2.24, 2.45) is 0 Å². The van der Waals surface area contributed by atoms with Crippen LogP contribution in [0.2, 0.25) is 0 Å². The Bertz CT molecular complexity index is 604. The molecule has 1 amide bonds. The van der Waals surface area contributed by atoms with Crippen LogP contribution >= 0.6 is 0 Å². The van der Waals surface area contributed by atoms with Gasteiger partial charge in [0.15, 0.2) is 0 Å². The molecule has 0 saturated carbocycles. The molecule has 2 N–H and O–H groups in total. The zero-order chi connectivity index (χ0) is 15.1. The Kier molecular flexibility index (Phi) is 5.15. The van der Waals surface area contributed by atoms with E-state index in [1.165, 1.54) is 0 Å². The lowest BCUT2D eigenvalue weighted by atomic mass is 10.1. The first-order valence-corrected chi connectivity index (χ1v) is 6.76. The normalized spacial score (nSPS) is 10.3. The summed E-state index contributed by atoms with van der Waals surface area (Å²) in [5.74, 6) is -0.195. The van der Waals surface area contributed by atoms with Crippen LogP contribution in [0.3, 0.4) is 0 Å². The van der Waals surface area contributed by atoms with E-state index >= 15 is 0 Å². The lowest BCUT2D eigenvalue weighted by molar-refractivity contribution is -0.121. The van der Waals surface area contributed by atoms with Crippen LogP contribution in [0.25, 0.3) is 0 Å². The number of amides is 1. The number of carbonyl (C=O) groups is 2. The van der Waals surface area contributed by atoms with Gasteiger partial charge in [-0.1, -0.05) is 12.1 Å². The van der Waals surface area contributed by atoms with Gasteiger partial charge in [0.05, 0.1) is 11.8 Å². The molecule has 0 atom stereocenters. The van der Waals surface area contributed by atoms with Crippen molar-refractivity contribution in [3.05, 3.63) is 59.5 Å². The first-order chi connectivity index (χ1) is 10.1. The molecule has 0 aliphatic rings. The minimum atomic E-state index is -0.945. The maximum atomic E-state index is 11.7. The molecule has 110 valence electrons. The molecule has 0 bridgehead atoms. The molecule has 1 heterocycles. The number of hydrogen-bond donors (Lipinski definition) is 2. The average Bonchev–Trinajstić information content (AvgIpc) is 2.99. The third-order valence-electron chi connectivity index (χ3n) is 3.09. The smallest absolute Gasteiger partial charge is 0.335 e. The maximum absolute atomic E-state index is 11.7. The minimum Gasteiger partial charge on any atom is -0.478 e. The predicted molar refractivity (Wildman–Crippen MR) is 77.1 cm³/mol. The lowest BCUT2D eigenvalue weighted by Crippen LogP contribution is -2.25. The fourth-order valence-corrected chi connectivity index (χ4v) is 1.99. The number of rotatable bonds is 7. The standard InChI is InChI=1S/C16H17NO4/c18-15(7-6-14-5-2-10-21-14)17-9-8-12-3-1-4-13(11-12)16(19)20/h1-5,10-11H,6-9H2,(H,17,18)(H,19,20). The first kappa shape index (κ1) is 14.8. The van der Waals surface area contributed by atoms with Crippen molar-refractivity contribution >= 4 is 11.9 Å². The molecule has 0 unspecified atom stereocenters. The number of carboxylic acid groups (broad SMARTS) is 1. The summed E-state index contributed by atoms with van der Waals surface area (Å²) in [6.07, 6.45) is 3.15. The Morgan fingerprint density at radius 2 is 2.00 bits per heavy atom. The molecular weight excluding hydrogens is 270 g/mol. The Morgan fingerprint density at radius 1 is 1.14 bits per heavy atom. The van der Waals surface area contributed by atoms with Crippen molar-refractivity contribution in [2.75, 3.05) is 6.54 Å². The highest BCUT2D eigenvalue weighted by Crippen LogP contribution is 2.06. The monoisotopic (exact) mass is 287 g/mol. The number of benzene rings is 1. The first-order valence-electron chi connectivity index (χ1n) is 6.76. The number of carbonyl (C=O) groups excluding carboxylic acids is 1. The number of carboxylic acids is 1. The quantitative estimate of drug-likeness (QED) is 0.818. The van der Waals surface area contributed by atoms with Crippen molar-refractivity contribution in [3.8, 4) is 0 Å². The van der Waals surface area contributed by atoms with E-state index in [0.717, 1.165) is 11.3 Å². The van der Waals surface area contributed by atoms with E-state index in [1.54, 1.807) is 30.5 Å². The highest BCUT2D eigenvalue weighted by atomic mass is 16.4. The van der Waals surface area contributed by atoms with Gasteiger partial charge in [-0.25, -0.2) is 4.79 Å². The van der Waals surface area contributed by atoms with Crippen LogP contribution < -0.4 is 5.32 Å². The van der Waals surface area contributed by atoms with Gasteiger partial charge in [-0.05, 0) is 36.2 Å². The summed E-state index contributed by atoms with van der Waals surface area (Å²) in [5, 5.41) is 11.7. The van der Waals surface area contributed by atoms with Crippen LogP contribution in [-0.2, 0) is 17.6 Å². The van der Waals surface area contributed by atoms with E-state index < -0.39 is 5.97 Å². The molecule has 1 aromatic heterocycles. The zero-order valence-electron chi connectivity index (χ0n) is 11.5. The number of furan rings is 1. The van der Waals surface area contributed by atoms with Crippen molar-refractivity contribution < 1.29 is 19.1 Å². The molecule has 0 saturated heterocycles. The van der Waals surface area contributed by atoms with E-state index in [4.69, 9.17) is 9.52 Å². The van der Waals surface area contributed by atoms with Gasteiger partial charge in [0.25, 0.3) is 0 Å². The molecular formula is C16H17NO4. The highest BCUT2D eigenvalue weighted by molar-refractivity contribution is 5.87. The van der Waals surface area contributed by atoms with Crippen LogP contribution in [0, 0.1) is 0 Å². The fraction of sp³-hybridized carbons (Fsp3) is 0.250. The summed E-state index contributed by atoms with van der Waals surface area (Å²) in [7, 11) is 0. The highest BCUT2D eigenvalue weighted by Gasteiger charge is 2.05. The van der Waals surface area contributed by atoms with Crippen LogP contribution in [0.5, 0.6) is 0 Å². The molecule has 2 aromatic rings. The number of aromatic carboxylic acids is 1. The molecule has 1 aromatic carbocycles. The molecule has 2 rings (SSSR count). The van der Waals surface area contributed by atoms with E-state index in [-0.39, 0.29) is 11.5 Å². The van der Waals surface area contributed by atoms with Gasteiger partial charge < -0.3 is 14.8 Å². The molecule has 21 heavy (non-hydrogen) atoms. The van der Waals surface area contributed by atoms with Crippen molar-refractivity contribution in [1.82, 2.24) is 5.32 Å². The van der Waals surface area contributed by atoms with Gasteiger partial charge in [0, 0.05) is 19.4 Å². The Hall–Kier alpha value is -2.56. The number of nitrogens with one attached hydrogen (secondary N) is 1. The summed E-state index contributed by atoms with van der Waals surface area (Å²) >= 11 is 0. The summed E-state index contributed by atoms with van der Waals surface area (Å²) < 4.78 is 5.16. The van der Waals surface area contributed by atoms with Gasteiger partial charge in [-0.15, -0.1) is 0 Å².